The van der Waals surface area contributed by atoms with Crippen molar-refractivity contribution in [2.24, 2.45) is 5.73 Å². The fourth-order valence-electron chi connectivity index (χ4n) is 2.98. The van der Waals surface area contributed by atoms with E-state index in [-0.39, 0.29) is 6.04 Å². The van der Waals surface area contributed by atoms with Gasteiger partial charge in [-0.05, 0) is 57.1 Å². The highest BCUT2D eigenvalue weighted by Crippen LogP contribution is 2.50. The van der Waals surface area contributed by atoms with E-state index in [0.29, 0.717) is 5.41 Å². The second-order valence-electron chi connectivity index (χ2n) is 5.34. The lowest BCUT2D eigenvalue weighted by atomic mass is 9.93. The Hall–Kier alpha value is -0.760. The molecule has 1 atom stereocenters. The highest BCUT2D eigenvalue weighted by molar-refractivity contribution is 5.36. The molecule has 82 valence electrons. The van der Waals surface area contributed by atoms with E-state index in [1.807, 2.05) is 0 Å². The van der Waals surface area contributed by atoms with Crippen LogP contribution in [0.15, 0.2) is 6.07 Å². The predicted molar refractivity (Wildman–Crippen MR) is 62.0 cm³/mol. The summed E-state index contributed by atoms with van der Waals surface area (Å²) in [7, 11) is 0. The number of hydrogen-bond acceptors (Lipinski definition) is 1. The Bertz CT molecular complexity index is 348. The lowest BCUT2D eigenvalue weighted by molar-refractivity contribution is 0.543. The lowest BCUT2D eigenvalue weighted by Crippen LogP contribution is -2.31. The Balaban J connectivity index is 1.96. The summed E-state index contributed by atoms with van der Waals surface area (Å²) < 4.78 is 0. The highest BCUT2D eigenvalue weighted by atomic mass is 14.8. The number of nitrogens with one attached hydrogen (secondary N) is 1. The summed E-state index contributed by atoms with van der Waals surface area (Å²) in [6.07, 6.45) is 7.74. The van der Waals surface area contributed by atoms with Crippen molar-refractivity contribution < 1.29 is 0 Å². The Morgan fingerprint density at radius 3 is 2.67 bits per heavy atom. The number of hydrogen-bond donors (Lipinski definition) is 2. The number of aryl methyl sites for hydroxylation is 2. The standard InChI is InChI=1S/C13H20N2/c1-9(14)13(6-7-13)12-8-10-4-2-3-5-11(10)15-12/h8-9,15H,2-7,14H2,1H3. The van der Waals surface area contributed by atoms with E-state index in [1.54, 1.807) is 5.56 Å². The van der Waals surface area contributed by atoms with Gasteiger partial charge in [-0.15, -0.1) is 0 Å². The third-order valence-electron chi connectivity index (χ3n) is 4.31. The molecule has 3 rings (SSSR count). The molecule has 0 aromatic carbocycles. The predicted octanol–water partition coefficient (Wildman–Crippen LogP) is 2.27. The minimum absolute atomic E-state index is 0.289. The van der Waals surface area contributed by atoms with Crippen LogP contribution >= 0.6 is 0 Å². The maximum atomic E-state index is 6.10. The van der Waals surface area contributed by atoms with Gasteiger partial charge in [0.25, 0.3) is 0 Å². The van der Waals surface area contributed by atoms with Crippen molar-refractivity contribution in [1.82, 2.24) is 4.98 Å². The number of fused-ring (bicyclic) bond motifs is 1. The van der Waals surface area contributed by atoms with Gasteiger partial charge in [-0.25, -0.2) is 0 Å². The summed E-state index contributed by atoms with van der Waals surface area (Å²) in [6.45, 7) is 2.15. The fourth-order valence-corrected chi connectivity index (χ4v) is 2.98. The van der Waals surface area contributed by atoms with Crippen LogP contribution in [0.3, 0.4) is 0 Å². The zero-order chi connectivity index (χ0) is 10.5. The van der Waals surface area contributed by atoms with Crippen LogP contribution in [0.25, 0.3) is 0 Å². The maximum absolute atomic E-state index is 6.10. The fraction of sp³-hybridized carbons (Fsp3) is 0.692. The van der Waals surface area contributed by atoms with Gasteiger partial charge in [-0.2, -0.15) is 0 Å². The summed E-state index contributed by atoms with van der Waals surface area (Å²) in [6, 6.07) is 2.68. The Kier molecular flexibility index (Phi) is 1.96. The molecule has 15 heavy (non-hydrogen) atoms. The Labute approximate surface area is 91.3 Å². The first-order valence-corrected chi connectivity index (χ1v) is 6.19. The van der Waals surface area contributed by atoms with Crippen LogP contribution in [-0.4, -0.2) is 11.0 Å². The molecule has 0 aliphatic heterocycles. The van der Waals surface area contributed by atoms with Crippen molar-refractivity contribution in [1.29, 1.82) is 0 Å². The molecule has 3 N–H and O–H groups in total. The number of rotatable bonds is 2. The summed E-state index contributed by atoms with van der Waals surface area (Å²) in [5.41, 5.74) is 10.9. The van der Waals surface area contributed by atoms with Gasteiger partial charge in [0.15, 0.2) is 0 Å². The zero-order valence-corrected chi connectivity index (χ0v) is 9.47. The second-order valence-corrected chi connectivity index (χ2v) is 5.34. The van der Waals surface area contributed by atoms with Crippen molar-refractivity contribution in [2.75, 3.05) is 0 Å². The number of H-pyrrole nitrogens is 1. The molecule has 2 aliphatic rings. The van der Waals surface area contributed by atoms with Crippen molar-refractivity contribution in [3.05, 3.63) is 23.0 Å². The average Bonchev–Trinajstić information content (AvgIpc) is 2.93. The molecule has 1 fully saturated rings. The van der Waals surface area contributed by atoms with Gasteiger partial charge in [0.05, 0.1) is 0 Å². The molecule has 0 radical (unpaired) electrons. The van der Waals surface area contributed by atoms with Gasteiger partial charge < -0.3 is 10.7 Å². The van der Waals surface area contributed by atoms with Crippen LogP contribution in [-0.2, 0) is 18.3 Å². The number of nitrogens with two attached hydrogens (primary N) is 1. The minimum Gasteiger partial charge on any atom is -0.362 e. The molecule has 0 bridgehead atoms. The van der Waals surface area contributed by atoms with E-state index in [4.69, 9.17) is 5.73 Å². The van der Waals surface area contributed by atoms with Crippen molar-refractivity contribution >= 4 is 0 Å². The molecule has 2 nitrogen and oxygen atoms in total. The van der Waals surface area contributed by atoms with E-state index >= 15 is 0 Å². The van der Waals surface area contributed by atoms with Crippen molar-refractivity contribution in [3.8, 4) is 0 Å². The lowest BCUT2D eigenvalue weighted by Gasteiger charge is -2.17. The SMILES string of the molecule is CC(N)C1(c2cc3c([nH]2)CCCC3)CC1. The quantitative estimate of drug-likeness (QED) is 0.762. The van der Waals surface area contributed by atoms with E-state index < -0.39 is 0 Å². The first-order chi connectivity index (χ1) is 7.22. The topological polar surface area (TPSA) is 41.8 Å². The van der Waals surface area contributed by atoms with Gasteiger partial charge in [-0.3, -0.25) is 0 Å². The van der Waals surface area contributed by atoms with E-state index in [9.17, 15) is 0 Å². The summed E-state index contributed by atoms with van der Waals surface area (Å²) in [5.74, 6) is 0. The molecule has 1 saturated carbocycles. The van der Waals surface area contributed by atoms with E-state index in [0.717, 1.165) is 0 Å². The molecule has 0 spiro atoms. The summed E-state index contributed by atoms with van der Waals surface area (Å²) >= 11 is 0. The summed E-state index contributed by atoms with van der Waals surface area (Å²) in [4.78, 5) is 3.64. The van der Waals surface area contributed by atoms with Gasteiger partial charge >= 0.3 is 0 Å². The molecule has 2 aliphatic carbocycles. The minimum atomic E-state index is 0.289. The van der Waals surface area contributed by atoms with Crippen molar-refractivity contribution in [3.63, 3.8) is 0 Å². The van der Waals surface area contributed by atoms with E-state index in [1.165, 1.54) is 49.9 Å². The smallest absolute Gasteiger partial charge is 0.0253 e. The molecule has 1 aromatic heterocycles. The van der Waals surface area contributed by atoms with Crippen LogP contribution in [0.2, 0.25) is 0 Å². The largest absolute Gasteiger partial charge is 0.362 e. The second kappa shape index (κ2) is 3.11. The molecular formula is C13H20N2. The van der Waals surface area contributed by atoms with Gasteiger partial charge in [0, 0.05) is 22.8 Å². The van der Waals surface area contributed by atoms with E-state index in [2.05, 4.69) is 18.0 Å². The van der Waals surface area contributed by atoms with Crippen LogP contribution < -0.4 is 5.73 Å². The maximum Gasteiger partial charge on any atom is 0.0253 e. The van der Waals surface area contributed by atoms with Crippen LogP contribution in [0, 0.1) is 0 Å². The van der Waals surface area contributed by atoms with Gasteiger partial charge in [-0.1, -0.05) is 0 Å². The van der Waals surface area contributed by atoms with Crippen LogP contribution in [0.1, 0.15) is 49.6 Å². The number of aromatic nitrogens is 1. The van der Waals surface area contributed by atoms with Gasteiger partial charge in [0.1, 0.15) is 0 Å². The molecule has 1 heterocycles. The first kappa shape index (κ1) is 9.46. The third kappa shape index (κ3) is 1.35. The first-order valence-electron chi connectivity index (χ1n) is 6.19. The Morgan fingerprint density at radius 1 is 1.33 bits per heavy atom. The Morgan fingerprint density at radius 2 is 2.07 bits per heavy atom. The monoisotopic (exact) mass is 204 g/mol. The average molecular weight is 204 g/mol. The van der Waals surface area contributed by atoms with Crippen LogP contribution in [0.4, 0.5) is 0 Å². The molecule has 2 heteroatoms. The molecule has 0 amide bonds. The third-order valence-corrected chi connectivity index (χ3v) is 4.31. The molecule has 1 aromatic rings. The molecular weight excluding hydrogens is 184 g/mol. The van der Waals surface area contributed by atoms with Crippen molar-refractivity contribution in [2.45, 2.75) is 56.9 Å². The zero-order valence-electron chi connectivity index (χ0n) is 9.47. The molecule has 1 unspecified atom stereocenters. The highest BCUT2D eigenvalue weighted by Gasteiger charge is 2.48. The van der Waals surface area contributed by atoms with Gasteiger partial charge in [0.2, 0.25) is 0 Å². The van der Waals surface area contributed by atoms with Crippen LogP contribution in [0.5, 0.6) is 0 Å². The number of aromatic amines is 1. The summed E-state index contributed by atoms with van der Waals surface area (Å²) in [5, 5.41) is 0. The molecule has 0 saturated heterocycles. The normalized spacial score (nSPS) is 24.7.